The fourth-order valence-electron chi connectivity index (χ4n) is 6.41. The number of aliphatic hydroxyl groups is 1. The fourth-order valence-corrected chi connectivity index (χ4v) is 6.95. The molecule has 3 aliphatic rings. The third-order valence-corrected chi connectivity index (χ3v) is 9.00. The monoisotopic (exact) mass is 521 g/mol. The van der Waals surface area contributed by atoms with Crippen LogP contribution in [0.4, 0.5) is 13.2 Å². The molecule has 5 nitrogen and oxygen atoms in total. The first-order chi connectivity index (χ1) is 17.1. The number of aliphatic hydroxyl groups excluding tert-OH is 1. The van der Waals surface area contributed by atoms with E-state index in [4.69, 9.17) is 9.57 Å². The molecule has 0 saturated heterocycles. The van der Waals surface area contributed by atoms with Crippen LogP contribution in [0, 0.1) is 17.3 Å². The minimum Gasteiger partial charge on any atom is -0.504 e. The second kappa shape index (κ2) is 9.50. The van der Waals surface area contributed by atoms with Crippen LogP contribution in [0.3, 0.4) is 0 Å². The van der Waals surface area contributed by atoms with Crippen LogP contribution in [0.15, 0.2) is 47.4 Å². The van der Waals surface area contributed by atoms with Crippen molar-refractivity contribution in [1.82, 2.24) is 5.48 Å². The molecule has 0 radical (unpaired) electrons. The molecule has 36 heavy (non-hydrogen) atoms. The number of alkyl halides is 3. The molecular weight excluding hydrogens is 491 g/mol. The Morgan fingerprint density at radius 2 is 1.89 bits per heavy atom. The number of rotatable bonds is 6. The topological polar surface area (TPSA) is 71.0 Å². The summed E-state index contributed by atoms with van der Waals surface area (Å²) < 4.78 is 43.1. The van der Waals surface area contributed by atoms with Crippen molar-refractivity contribution in [2.24, 2.45) is 17.3 Å². The molecule has 5 rings (SSSR count). The number of phenolic OH excluding ortho intramolecular Hbond substituents is 1. The molecule has 0 aromatic heterocycles. The summed E-state index contributed by atoms with van der Waals surface area (Å²) in [6.45, 7) is 2.34. The summed E-state index contributed by atoms with van der Waals surface area (Å²) in [6.07, 6.45) is 5.49. The second-order valence-corrected chi connectivity index (χ2v) is 11.3. The number of hydrogen-bond donors (Lipinski definition) is 3. The summed E-state index contributed by atoms with van der Waals surface area (Å²) in [7, 11) is 1.53. The van der Waals surface area contributed by atoms with Gasteiger partial charge < -0.3 is 14.9 Å². The third-order valence-electron chi connectivity index (χ3n) is 8.26. The van der Waals surface area contributed by atoms with Gasteiger partial charge in [-0.1, -0.05) is 25.1 Å². The summed E-state index contributed by atoms with van der Waals surface area (Å²) in [5, 5.41) is 21.2. The number of aromatic hydroxyl groups is 1. The number of thioether (sulfide) groups is 1. The molecule has 0 amide bonds. The van der Waals surface area contributed by atoms with Crippen molar-refractivity contribution in [2.45, 2.75) is 61.6 Å². The minimum absolute atomic E-state index is 0.0390. The van der Waals surface area contributed by atoms with E-state index in [0.29, 0.717) is 11.7 Å². The molecule has 0 bridgehead atoms. The smallest absolute Gasteiger partial charge is 0.446 e. The zero-order valence-corrected chi connectivity index (χ0v) is 21.0. The van der Waals surface area contributed by atoms with Gasteiger partial charge in [-0.3, -0.25) is 10.3 Å². The number of allylic oxidation sites excluding steroid dienone is 1. The number of hydrogen-bond acceptors (Lipinski definition) is 6. The van der Waals surface area contributed by atoms with Gasteiger partial charge in [0, 0.05) is 10.5 Å². The van der Waals surface area contributed by atoms with Gasteiger partial charge in [-0.2, -0.15) is 13.2 Å². The molecule has 5 atom stereocenters. The number of fused-ring (bicyclic) bond motifs is 5. The third kappa shape index (κ3) is 4.68. The van der Waals surface area contributed by atoms with Crippen molar-refractivity contribution >= 4 is 17.5 Å². The molecule has 9 heteroatoms. The number of halogens is 3. The lowest BCUT2D eigenvalue weighted by molar-refractivity contribution is -0.0328. The van der Waals surface area contributed by atoms with Crippen LogP contribution in [0.1, 0.15) is 55.2 Å². The maximum absolute atomic E-state index is 12.6. The van der Waals surface area contributed by atoms with E-state index < -0.39 is 5.51 Å². The predicted molar refractivity (Wildman–Crippen MR) is 131 cm³/mol. The molecule has 194 valence electrons. The molecule has 0 aliphatic heterocycles. The Hall–Kier alpha value is -2.36. The first kappa shape index (κ1) is 25.3. The molecule has 3 N–H and O–H groups in total. The molecule has 0 heterocycles. The standard InChI is InChI=1S/C27H30F3NO4S/c1-26-10-9-17-18-13-24(34-2)23(32)12-20(18)22(11-19(17)21(26)7-8-25(26)33)31-35-14-15-3-5-16(6-4-15)36-27(28,29)30/h3-6,11-13,17,19,21,25,31-33H,7-10,14H2,1-2H3/t17-,19-,21+,25-,26+/m1/s1. The Morgan fingerprint density at radius 1 is 1.14 bits per heavy atom. The number of benzene rings is 2. The lowest BCUT2D eigenvalue weighted by Crippen LogP contribution is -2.43. The Bertz CT molecular complexity index is 1150. The fraction of sp³-hybridized carbons (Fsp3) is 0.481. The van der Waals surface area contributed by atoms with Crippen molar-refractivity contribution in [1.29, 1.82) is 0 Å². The van der Waals surface area contributed by atoms with Crippen molar-refractivity contribution in [2.75, 3.05) is 7.11 Å². The van der Waals surface area contributed by atoms with Gasteiger partial charge in [0.15, 0.2) is 11.5 Å². The second-order valence-electron chi connectivity index (χ2n) is 10.2. The molecule has 0 spiro atoms. The van der Waals surface area contributed by atoms with Gasteiger partial charge in [0.1, 0.15) is 0 Å². The summed E-state index contributed by atoms with van der Waals surface area (Å²) in [5.41, 5.74) is 1.98. The average Bonchev–Trinajstić information content (AvgIpc) is 3.13. The van der Waals surface area contributed by atoms with Gasteiger partial charge in [0.2, 0.25) is 0 Å². The van der Waals surface area contributed by atoms with Crippen LogP contribution in [-0.2, 0) is 11.4 Å². The Morgan fingerprint density at radius 3 is 2.58 bits per heavy atom. The number of methoxy groups -OCH3 is 1. The first-order valence-corrected chi connectivity index (χ1v) is 12.9. The van der Waals surface area contributed by atoms with Crippen LogP contribution in [0.5, 0.6) is 11.5 Å². The normalized spacial score (nSPS) is 29.1. The molecule has 0 unspecified atom stereocenters. The van der Waals surface area contributed by atoms with Gasteiger partial charge in [-0.05, 0) is 96.0 Å². The van der Waals surface area contributed by atoms with Crippen molar-refractivity contribution in [3.8, 4) is 11.5 Å². The molecule has 2 aromatic rings. The summed E-state index contributed by atoms with van der Waals surface area (Å²) >= 11 is -0.147. The van der Waals surface area contributed by atoms with E-state index in [1.165, 1.54) is 19.2 Å². The maximum Gasteiger partial charge on any atom is 0.446 e. The quantitative estimate of drug-likeness (QED) is 0.304. The summed E-state index contributed by atoms with van der Waals surface area (Å²) in [6, 6.07) is 9.66. The summed E-state index contributed by atoms with van der Waals surface area (Å²) in [4.78, 5) is 5.90. The Labute approximate surface area is 212 Å². The largest absolute Gasteiger partial charge is 0.504 e. The van der Waals surface area contributed by atoms with Gasteiger partial charge in [-0.15, -0.1) is 0 Å². The zero-order chi connectivity index (χ0) is 25.7. The van der Waals surface area contributed by atoms with Crippen molar-refractivity contribution in [3.63, 3.8) is 0 Å². The van der Waals surface area contributed by atoms with Crippen molar-refractivity contribution in [3.05, 3.63) is 59.2 Å². The molecule has 2 fully saturated rings. The van der Waals surface area contributed by atoms with Gasteiger partial charge >= 0.3 is 5.51 Å². The number of phenols is 1. The van der Waals surface area contributed by atoms with E-state index in [-0.39, 0.29) is 52.4 Å². The number of nitrogens with one attached hydrogen (secondary N) is 1. The zero-order valence-electron chi connectivity index (χ0n) is 20.1. The maximum atomic E-state index is 12.6. The Balaban J connectivity index is 1.38. The van der Waals surface area contributed by atoms with Crippen LogP contribution in [-0.4, -0.2) is 28.9 Å². The average molecular weight is 522 g/mol. The van der Waals surface area contributed by atoms with Gasteiger partial charge in [0.05, 0.1) is 25.5 Å². The molecular formula is C27H30F3NO4S. The van der Waals surface area contributed by atoms with Crippen LogP contribution >= 0.6 is 11.8 Å². The molecule has 2 saturated carbocycles. The SMILES string of the molecule is COc1cc2c(cc1O)C(NOCc1ccc(SC(F)(F)F)cc1)=C[C@@H]1[C@@H]2CC[C@]2(C)[C@H](O)CC[C@@H]12. The summed E-state index contributed by atoms with van der Waals surface area (Å²) in [5.74, 6) is 1.24. The Kier molecular flexibility index (Phi) is 6.68. The molecule has 2 aromatic carbocycles. The van der Waals surface area contributed by atoms with Crippen LogP contribution in [0.2, 0.25) is 0 Å². The van der Waals surface area contributed by atoms with E-state index >= 15 is 0 Å². The first-order valence-electron chi connectivity index (χ1n) is 12.1. The van der Waals surface area contributed by atoms with Crippen molar-refractivity contribution < 1.29 is 33.0 Å². The number of hydroxylamine groups is 1. The lowest BCUT2D eigenvalue weighted by Gasteiger charge is -2.49. The highest BCUT2D eigenvalue weighted by Crippen LogP contribution is 2.61. The van der Waals surface area contributed by atoms with Gasteiger partial charge in [0.25, 0.3) is 0 Å². The van der Waals surface area contributed by atoms with E-state index in [2.05, 4.69) is 18.5 Å². The van der Waals surface area contributed by atoms with Crippen LogP contribution < -0.4 is 10.2 Å². The van der Waals surface area contributed by atoms with E-state index in [0.717, 1.165) is 48.1 Å². The predicted octanol–water partition coefficient (Wildman–Crippen LogP) is 6.36. The molecule has 3 aliphatic carbocycles. The minimum atomic E-state index is -4.32. The highest BCUT2D eigenvalue weighted by molar-refractivity contribution is 8.00. The van der Waals surface area contributed by atoms with E-state index in [9.17, 15) is 23.4 Å². The van der Waals surface area contributed by atoms with E-state index in [1.807, 2.05) is 6.07 Å². The lowest BCUT2D eigenvalue weighted by atomic mass is 9.56. The van der Waals surface area contributed by atoms with Crippen LogP contribution in [0.25, 0.3) is 5.70 Å². The van der Waals surface area contributed by atoms with Gasteiger partial charge in [-0.25, -0.2) is 0 Å². The highest BCUT2D eigenvalue weighted by atomic mass is 32.2. The number of ether oxygens (including phenoxy) is 1. The van der Waals surface area contributed by atoms with E-state index in [1.54, 1.807) is 18.2 Å². The highest BCUT2D eigenvalue weighted by Gasteiger charge is 2.54.